The summed E-state index contributed by atoms with van der Waals surface area (Å²) < 4.78 is 12.7. The quantitative estimate of drug-likeness (QED) is 0.495. The van der Waals surface area contributed by atoms with Gasteiger partial charge in [0.1, 0.15) is 0 Å². The summed E-state index contributed by atoms with van der Waals surface area (Å²) in [6, 6.07) is 0. The molecule has 0 saturated heterocycles. The molecule has 8 heavy (non-hydrogen) atoms. The molecule has 7 heteroatoms. The summed E-state index contributed by atoms with van der Waals surface area (Å²) in [5, 5.41) is 7.44. The van der Waals surface area contributed by atoms with Crippen LogP contribution in [-0.2, 0) is 9.09 Å². The summed E-state index contributed by atoms with van der Waals surface area (Å²) in [5.74, 6) is 0. The zero-order chi connectivity index (χ0) is 5.91. The zero-order valence-corrected chi connectivity index (χ0v) is 7.64. The third kappa shape index (κ3) is 9.94. The zero-order valence-electron chi connectivity index (χ0n) is 3.61. The molecule has 0 radical (unpaired) electrons. The molecule has 0 spiro atoms. The van der Waals surface area contributed by atoms with Gasteiger partial charge < -0.3 is 4.52 Å². The van der Waals surface area contributed by atoms with E-state index >= 15 is 0 Å². The van der Waals surface area contributed by atoms with Crippen molar-refractivity contribution in [3.63, 3.8) is 0 Å². The van der Waals surface area contributed by atoms with Gasteiger partial charge in [-0.2, -0.15) is 0 Å². The first-order valence-corrected chi connectivity index (χ1v) is 2.72. The van der Waals surface area contributed by atoms with Crippen molar-refractivity contribution in [1.82, 2.24) is 0 Å². The third-order valence-electron chi connectivity index (χ3n) is 0.160. The first-order valence-electron chi connectivity index (χ1n) is 1.19. The van der Waals surface area contributed by atoms with Crippen molar-refractivity contribution in [3.05, 3.63) is 0 Å². The summed E-state index contributed by atoms with van der Waals surface area (Å²) in [6.45, 7) is 0. The maximum Gasteiger partial charge on any atom is 0.534 e. The fourth-order valence-electron chi connectivity index (χ4n) is 0.0532. The van der Waals surface area contributed by atoms with Gasteiger partial charge in [0.15, 0.2) is 0 Å². The Morgan fingerprint density at radius 2 is 2.00 bits per heavy atom. The van der Waals surface area contributed by atoms with Crippen LogP contribution in [0.15, 0.2) is 0 Å². The minimum Gasteiger partial charge on any atom is -0.328 e. The van der Waals surface area contributed by atoms with E-state index in [1.54, 1.807) is 0 Å². The Balaban J connectivity index is 0. The fourth-order valence-corrected chi connectivity index (χ4v) is 0.160. The van der Waals surface area contributed by atoms with E-state index in [9.17, 15) is 4.57 Å². The second-order valence-corrected chi connectivity index (χ2v) is 1.84. The van der Waals surface area contributed by atoms with Crippen LogP contribution in [0.3, 0.4) is 0 Å². The Hall–Kier alpha value is 0.817. The Bertz CT molecular complexity index is 133. The van der Waals surface area contributed by atoms with Gasteiger partial charge >= 0.3 is 7.82 Å². The Morgan fingerprint density at radius 3 is 2.00 bits per heavy atom. The van der Waals surface area contributed by atoms with E-state index in [-0.39, 0.29) is 41.7 Å². The number of nitriles is 1. The summed E-state index contributed by atoms with van der Waals surface area (Å²) in [6.07, 6.45) is 0.845. The molecular weight excluding hydrogens is 261 g/mol. The van der Waals surface area contributed by atoms with Gasteiger partial charge in [-0.25, -0.2) is 4.57 Å². The van der Waals surface area contributed by atoms with Crippen LogP contribution >= 0.6 is 7.82 Å². The van der Waals surface area contributed by atoms with E-state index in [1.165, 1.54) is 0 Å². The largest absolute Gasteiger partial charge is 0.534 e. The molecule has 2 N–H and O–H groups in total. The van der Waals surface area contributed by atoms with Crippen LogP contribution < -0.4 is 0 Å². The van der Waals surface area contributed by atoms with Crippen molar-refractivity contribution in [2.24, 2.45) is 0 Å². The van der Waals surface area contributed by atoms with Crippen LogP contribution in [-0.4, -0.2) is 9.79 Å². The number of phosphoric ester groups is 1. The van der Waals surface area contributed by atoms with Gasteiger partial charge in [0.05, 0.1) is 0 Å². The summed E-state index contributed by atoms with van der Waals surface area (Å²) in [7, 11) is -4.53. The van der Waals surface area contributed by atoms with Crippen LogP contribution in [0, 0.1) is 53.3 Å². The molecule has 0 atom stereocenters. The van der Waals surface area contributed by atoms with Gasteiger partial charge in [-0.1, -0.05) is 0 Å². The number of rotatable bonds is 1. The Labute approximate surface area is 79.3 Å². The van der Waals surface area contributed by atoms with E-state index in [1.807, 2.05) is 0 Å². The molecular formula is CH2CeNO4P. The van der Waals surface area contributed by atoms with Gasteiger partial charge in [-0.3, -0.25) is 9.79 Å². The Morgan fingerprint density at radius 1 is 1.62 bits per heavy atom. The van der Waals surface area contributed by atoms with E-state index in [0.29, 0.717) is 0 Å². The van der Waals surface area contributed by atoms with Crippen LogP contribution in [0.25, 0.3) is 0 Å². The normalized spacial score (nSPS) is 8.62. The molecule has 0 rings (SSSR count). The average Bonchev–Trinajstić information content (AvgIpc) is 1.30. The molecule has 0 bridgehead atoms. The van der Waals surface area contributed by atoms with Crippen LogP contribution in [0.1, 0.15) is 0 Å². The van der Waals surface area contributed by atoms with Crippen LogP contribution in [0.2, 0.25) is 0 Å². The standard InChI is InChI=1S/CH2NO4P.Ce/c2-1-6-7(3,4)5;/h(H2,3,4,5);. The first-order chi connectivity index (χ1) is 3.06. The average molecular weight is 263 g/mol. The van der Waals surface area contributed by atoms with Crippen LogP contribution in [0.4, 0.5) is 0 Å². The topological polar surface area (TPSA) is 90.5 Å². The van der Waals surface area contributed by atoms with Crippen molar-refractivity contribution in [3.8, 4) is 6.26 Å². The molecule has 0 aromatic heterocycles. The van der Waals surface area contributed by atoms with Gasteiger partial charge in [-0.15, -0.1) is 5.26 Å². The fraction of sp³-hybridized carbons (Fsp3) is 0. The third-order valence-corrected chi connectivity index (χ3v) is 0.479. The molecule has 5 nitrogen and oxygen atoms in total. The summed E-state index contributed by atoms with van der Waals surface area (Å²) in [5.41, 5.74) is 0. The summed E-state index contributed by atoms with van der Waals surface area (Å²) >= 11 is 0. The van der Waals surface area contributed by atoms with E-state index in [4.69, 9.17) is 15.0 Å². The molecule has 0 aliphatic carbocycles. The first kappa shape index (κ1) is 11.6. The van der Waals surface area contributed by atoms with Crippen molar-refractivity contribution < 1.29 is 60.6 Å². The van der Waals surface area contributed by atoms with Gasteiger partial charge in [0.25, 0.3) is 6.26 Å². The predicted octanol–water partition coefficient (Wildman–Crippen LogP) is -0.423. The second-order valence-electron chi connectivity index (χ2n) is 0.673. The maximum absolute atomic E-state index is 9.48. The van der Waals surface area contributed by atoms with Crippen molar-refractivity contribution >= 4 is 7.82 Å². The van der Waals surface area contributed by atoms with Gasteiger partial charge in [0.2, 0.25) is 0 Å². The van der Waals surface area contributed by atoms with E-state index in [0.717, 1.165) is 6.26 Å². The minimum atomic E-state index is -4.53. The van der Waals surface area contributed by atoms with E-state index < -0.39 is 7.82 Å². The molecule has 0 aliphatic rings. The van der Waals surface area contributed by atoms with Crippen molar-refractivity contribution in [1.29, 1.82) is 5.26 Å². The summed E-state index contributed by atoms with van der Waals surface area (Å²) in [4.78, 5) is 15.4. The van der Waals surface area contributed by atoms with Crippen LogP contribution in [0.5, 0.6) is 0 Å². The molecule has 0 aromatic carbocycles. The molecule has 0 fully saturated rings. The van der Waals surface area contributed by atoms with E-state index in [2.05, 4.69) is 4.52 Å². The van der Waals surface area contributed by atoms with Gasteiger partial charge in [0, 0.05) is 41.7 Å². The number of hydrogen-bond acceptors (Lipinski definition) is 3. The van der Waals surface area contributed by atoms with Crippen molar-refractivity contribution in [2.75, 3.05) is 0 Å². The Kier molecular flexibility index (Phi) is 6.77. The smallest absolute Gasteiger partial charge is 0.328 e. The molecule has 0 aromatic rings. The predicted molar refractivity (Wildman–Crippen MR) is 18.7 cm³/mol. The SMILES string of the molecule is N#COP(=O)(O)O.[Ce]. The molecule has 0 unspecified atom stereocenters. The second kappa shape index (κ2) is 4.67. The number of nitrogens with zero attached hydrogens (tertiary/aromatic N) is 1. The molecule has 0 amide bonds. The number of phosphoric acid groups is 1. The minimum absolute atomic E-state index is 0. The van der Waals surface area contributed by atoms with Gasteiger partial charge in [-0.05, 0) is 0 Å². The van der Waals surface area contributed by atoms with Crippen molar-refractivity contribution in [2.45, 2.75) is 0 Å². The molecule has 0 aliphatic heterocycles. The maximum atomic E-state index is 9.48. The molecule has 0 heterocycles. The number of hydrogen-bond donors (Lipinski definition) is 2. The molecule has 0 saturated carbocycles. The monoisotopic (exact) mass is 263 g/mol. The molecule has 44 valence electrons.